The summed E-state index contributed by atoms with van der Waals surface area (Å²) in [5, 5.41) is 0. The molecule has 7 heteroatoms. The van der Waals surface area contributed by atoms with E-state index >= 15 is 0 Å². The maximum atomic E-state index is 11.5. The number of ketones is 2. The molecule has 0 aliphatic carbocycles. The molecule has 0 amide bonds. The van der Waals surface area contributed by atoms with Gasteiger partial charge < -0.3 is 0 Å². The van der Waals surface area contributed by atoms with Gasteiger partial charge in [-0.2, -0.15) is 0 Å². The average molecular weight is 481 g/mol. The minimum Gasteiger partial charge on any atom is -0.297 e. The van der Waals surface area contributed by atoms with Crippen molar-refractivity contribution in [2.75, 3.05) is 0 Å². The molecule has 0 fully saturated rings. The molecule has 1 aliphatic heterocycles. The third-order valence-electron chi connectivity index (χ3n) is 2.01. The average Bonchev–Trinajstić information content (AvgIpc) is 2.13. The van der Waals surface area contributed by atoms with Crippen molar-refractivity contribution in [2.45, 2.75) is 19.9 Å². The van der Waals surface area contributed by atoms with Gasteiger partial charge in [0.15, 0.2) is 11.6 Å². The number of hydrogen-bond donors (Lipinski definition) is 0. The molecule has 0 aromatic heterocycles. The van der Waals surface area contributed by atoms with E-state index in [2.05, 4.69) is 63.9 Å². The highest BCUT2D eigenvalue weighted by Gasteiger charge is 2.35. The van der Waals surface area contributed by atoms with Crippen LogP contribution in [0.1, 0.15) is 13.8 Å². The summed E-state index contributed by atoms with van der Waals surface area (Å²) in [5.74, 6) is -0.202. The minimum absolute atomic E-state index is 0.0700. The number of Topliss-reactive ketones (excluding diaryl/α,β-unsaturated/α-hetero) is 2. The van der Waals surface area contributed by atoms with Crippen LogP contribution in [-0.4, -0.2) is 21.5 Å². The molecule has 0 N–H and O–H groups in total. The van der Waals surface area contributed by atoms with Gasteiger partial charge in [0.2, 0.25) is 0 Å². The van der Waals surface area contributed by atoms with Gasteiger partial charge in [-0.05, 0) is 38.8 Å². The fourth-order valence-corrected chi connectivity index (χ4v) is 4.81. The first-order valence-electron chi connectivity index (χ1n) is 4.20. The number of halogens is 4. The van der Waals surface area contributed by atoms with Crippen molar-refractivity contribution in [1.29, 1.82) is 0 Å². The van der Waals surface area contributed by atoms with Crippen LogP contribution in [0, 0.1) is 0 Å². The molecule has 1 heterocycles. The van der Waals surface area contributed by atoms with E-state index in [4.69, 9.17) is 0 Å². The van der Waals surface area contributed by atoms with Gasteiger partial charge in [0.25, 0.3) is 0 Å². The number of allylic oxidation sites excluding steroid dienone is 3. The molecular weight excluding hydrogens is 474 g/mol. The van der Waals surface area contributed by atoms with Crippen LogP contribution < -0.4 is 0 Å². The number of rotatable bonds is 2. The summed E-state index contributed by atoms with van der Waals surface area (Å²) >= 11 is 13.3. The molecule has 0 saturated heterocycles. The second kappa shape index (κ2) is 5.46. The van der Waals surface area contributed by atoms with Crippen LogP contribution in [-0.2, 0) is 9.59 Å². The van der Waals surface area contributed by atoms with Crippen LogP contribution >= 0.6 is 63.9 Å². The molecule has 0 spiro atoms. The Morgan fingerprint density at radius 1 is 1.12 bits per heavy atom. The quantitative estimate of drug-likeness (QED) is 0.565. The molecular formula is C9H7Br4NO2. The molecule has 1 rings (SSSR count). The molecule has 0 aromatic rings. The van der Waals surface area contributed by atoms with Gasteiger partial charge in [-0.1, -0.05) is 15.9 Å². The van der Waals surface area contributed by atoms with Crippen molar-refractivity contribution in [3.63, 3.8) is 0 Å². The molecule has 0 aromatic carbocycles. The summed E-state index contributed by atoms with van der Waals surface area (Å²) in [6, 6.07) is -0.533. The summed E-state index contributed by atoms with van der Waals surface area (Å²) in [4.78, 5) is 23.0. The number of carbonyl (C=O) groups excluding carboxylic acids is 2. The number of nitrogens with zero attached hydrogens (tertiary/aromatic N) is 1. The number of hydrogen-bond acceptors (Lipinski definition) is 3. The highest BCUT2D eigenvalue weighted by molar-refractivity contribution is 9.16. The van der Waals surface area contributed by atoms with Crippen molar-refractivity contribution in [3.05, 3.63) is 19.1 Å². The number of carbonyl (C=O) groups is 2. The first-order valence-corrected chi connectivity index (χ1v) is 7.29. The maximum Gasteiger partial charge on any atom is 0.177 e. The van der Waals surface area contributed by atoms with Gasteiger partial charge >= 0.3 is 0 Å². The summed E-state index contributed by atoms with van der Waals surface area (Å²) in [5.41, 5.74) is 0.412. The molecule has 3 nitrogen and oxygen atoms in total. The topological polar surface area (TPSA) is 37.4 Å². The van der Waals surface area contributed by atoms with E-state index in [1.165, 1.54) is 17.8 Å². The van der Waals surface area contributed by atoms with Crippen molar-refractivity contribution in [2.24, 2.45) is 0 Å². The lowest BCUT2D eigenvalue weighted by Gasteiger charge is -2.32. The van der Waals surface area contributed by atoms with Crippen LogP contribution in [0.25, 0.3) is 0 Å². The summed E-state index contributed by atoms with van der Waals surface area (Å²) in [6.45, 7) is 2.92. The zero-order chi connectivity index (χ0) is 12.6. The van der Waals surface area contributed by atoms with Gasteiger partial charge in [-0.15, -0.1) is 0 Å². The molecule has 0 bridgehead atoms. The zero-order valence-corrected chi connectivity index (χ0v) is 14.7. The maximum absolute atomic E-state index is 11.5. The fourth-order valence-electron chi connectivity index (χ4n) is 1.29. The SMILES string of the molecule is CC(=O)C1=C(Br)C(Br)=C(Br)C(C(C)=O)N1Br. The van der Waals surface area contributed by atoms with Crippen LogP contribution in [0.4, 0.5) is 0 Å². The van der Waals surface area contributed by atoms with Crippen LogP contribution in [0.15, 0.2) is 19.1 Å². The van der Waals surface area contributed by atoms with E-state index in [0.29, 0.717) is 19.1 Å². The lowest BCUT2D eigenvalue weighted by atomic mass is 10.1. The largest absolute Gasteiger partial charge is 0.297 e. The van der Waals surface area contributed by atoms with Crippen molar-refractivity contribution in [3.8, 4) is 0 Å². The molecule has 1 unspecified atom stereocenters. The van der Waals surface area contributed by atoms with Gasteiger partial charge in [-0.3, -0.25) is 13.5 Å². The van der Waals surface area contributed by atoms with Crippen LogP contribution in [0.5, 0.6) is 0 Å². The highest BCUT2D eigenvalue weighted by Crippen LogP contribution is 2.43. The summed E-state index contributed by atoms with van der Waals surface area (Å²) in [7, 11) is 0. The van der Waals surface area contributed by atoms with Gasteiger partial charge in [0, 0.05) is 15.9 Å². The second-order valence-corrected chi connectivity index (χ2v) is 6.41. The third kappa shape index (κ3) is 2.52. The van der Waals surface area contributed by atoms with E-state index in [1.54, 1.807) is 0 Å². The van der Waals surface area contributed by atoms with Crippen molar-refractivity contribution < 1.29 is 9.59 Å². The lowest BCUT2D eigenvalue weighted by Crippen LogP contribution is -2.38. The Balaban J connectivity index is 3.40. The van der Waals surface area contributed by atoms with Crippen molar-refractivity contribution >= 4 is 75.5 Å². The molecule has 16 heavy (non-hydrogen) atoms. The first-order chi connectivity index (χ1) is 7.29. The Morgan fingerprint density at radius 2 is 1.62 bits per heavy atom. The molecule has 0 saturated carbocycles. The monoisotopic (exact) mass is 477 g/mol. The van der Waals surface area contributed by atoms with E-state index in [-0.39, 0.29) is 11.6 Å². The first kappa shape index (κ1) is 14.6. The van der Waals surface area contributed by atoms with E-state index in [0.717, 1.165) is 0 Å². The van der Waals surface area contributed by atoms with E-state index in [9.17, 15) is 9.59 Å². The molecule has 1 aliphatic rings. The zero-order valence-electron chi connectivity index (χ0n) is 8.35. The van der Waals surface area contributed by atoms with Crippen molar-refractivity contribution in [1.82, 2.24) is 3.93 Å². The van der Waals surface area contributed by atoms with Gasteiger partial charge in [0.05, 0.1) is 20.6 Å². The second-order valence-electron chi connectivity index (χ2n) is 3.21. The Labute approximate surface area is 127 Å². The summed E-state index contributed by atoms with van der Waals surface area (Å²) < 4.78 is 3.44. The normalized spacial score (nSPS) is 21.6. The Morgan fingerprint density at radius 3 is 2.00 bits per heavy atom. The Hall–Kier alpha value is 0.540. The standard InChI is InChI=1S/C9H7Br4NO2/c1-3(15)8-6(11)5(10)7(12)9(4(2)16)14(8)13/h8H,1-2H3. The lowest BCUT2D eigenvalue weighted by molar-refractivity contribution is -0.119. The van der Waals surface area contributed by atoms with E-state index in [1.807, 2.05) is 0 Å². The minimum atomic E-state index is -0.533. The Bertz CT molecular complexity index is 427. The molecule has 1 atom stereocenters. The van der Waals surface area contributed by atoms with E-state index < -0.39 is 6.04 Å². The third-order valence-corrected chi connectivity index (χ3v) is 6.26. The smallest absolute Gasteiger partial charge is 0.177 e. The summed E-state index contributed by atoms with van der Waals surface area (Å²) in [6.07, 6.45) is 0. The fraction of sp³-hybridized carbons (Fsp3) is 0.333. The van der Waals surface area contributed by atoms with Crippen LogP contribution in [0.3, 0.4) is 0 Å². The highest BCUT2D eigenvalue weighted by atomic mass is 79.9. The molecule has 88 valence electrons. The van der Waals surface area contributed by atoms with Gasteiger partial charge in [0.1, 0.15) is 11.7 Å². The van der Waals surface area contributed by atoms with Gasteiger partial charge in [-0.25, -0.2) is 0 Å². The predicted molar refractivity (Wildman–Crippen MR) is 76.7 cm³/mol. The predicted octanol–water partition coefficient (Wildman–Crippen LogP) is 3.77. The Kier molecular flexibility index (Phi) is 4.98. The van der Waals surface area contributed by atoms with Crippen LogP contribution in [0.2, 0.25) is 0 Å². The molecule has 0 radical (unpaired) electrons.